The molecule has 108 valence electrons. The van der Waals surface area contributed by atoms with E-state index in [1.54, 1.807) is 0 Å². The Bertz CT molecular complexity index is 499. The summed E-state index contributed by atoms with van der Waals surface area (Å²) in [5.41, 5.74) is 3.17. The van der Waals surface area contributed by atoms with Crippen LogP contribution in [0.3, 0.4) is 0 Å². The van der Waals surface area contributed by atoms with E-state index in [1.807, 2.05) is 39.0 Å². The number of hydrogen-bond acceptors (Lipinski definition) is 2. The van der Waals surface area contributed by atoms with Crippen molar-refractivity contribution in [2.24, 2.45) is 5.92 Å². The summed E-state index contributed by atoms with van der Waals surface area (Å²) in [6.45, 7) is 8.22. The molecular weight excluding hydrogens is 246 g/mol. The van der Waals surface area contributed by atoms with E-state index in [2.05, 4.69) is 13.0 Å². The fourth-order valence-electron chi connectivity index (χ4n) is 2.48. The number of ketones is 1. The van der Waals surface area contributed by atoms with E-state index in [0.717, 1.165) is 36.8 Å². The van der Waals surface area contributed by atoms with Crippen LogP contribution in [0.25, 0.3) is 0 Å². The second-order valence-corrected chi connectivity index (χ2v) is 5.56. The molecule has 2 nitrogen and oxygen atoms in total. The Labute approximate surface area is 122 Å². The van der Waals surface area contributed by atoms with Gasteiger partial charge in [-0.3, -0.25) is 4.79 Å². The fraction of sp³-hybridized carbons (Fsp3) is 0.556. The lowest BCUT2D eigenvalue weighted by molar-refractivity contribution is -0.123. The molecule has 1 aromatic carbocycles. The predicted octanol–water partition coefficient (Wildman–Crippen LogP) is 4.70. The molecule has 0 bridgehead atoms. The van der Waals surface area contributed by atoms with Gasteiger partial charge in [0.15, 0.2) is 5.78 Å². The topological polar surface area (TPSA) is 40.9 Å². The zero-order chi connectivity index (χ0) is 15.1. The fourth-order valence-corrected chi connectivity index (χ4v) is 2.48. The Morgan fingerprint density at radius 1 is 1.25 bits per heavy atom. The number of unbranched alkanes of at least 4 members (excludes halogenated alkanes) is 1. The maximum Gasteiger partial charge on any atom is 0.157 e. The molecule has 0 heterocycles. The van der Waals surface area contributed by atoms with E-state index in [1.165, 1.54) is 5.56 Å². The van der Waals surface area contributed by atoms with Crippen molar-refractivity contribution in [3.63, 3.8) is 0 Å². The Kier molecular flexibility index (Phi) is 6.45. The summed E-state index contributed by atoms with van der Waals surface area (Å²) in [6.07, 6.45) is 3.86. The van der Waals surface area contributed by atoms with Crippen molar-refractivity contribution in [1.29, 1.82) is 5.26 Å². The number of aryl methyl sites for hydroxylation is 2. The maximum atomic E-state index is 12.6. The van der Waals surface area contributed by atoms with Crippen molar-refractivity contribution in [1.82, 2.24) is 0 Å². The number of nitriles is 1. The van der Waals surface area contributed by atoms with Gasteiger partial charge >= 0.3 is 0 Å². The first-order valence-electron chi connectivity index (χ1n) is 7.55. The van der Waals surface area contributed by atoms with E-state index in [9.17, 15) is 10.1 Å². The number of nitrogens with zero attached hydrogens (tertiary/aromatic N) is 1. The van der Waals surface area contributed by atoms with Gasteiger partial charge in [-0.25, -0.2) is 0 Å². The third-order valence-electron chi connectivity index (χ3n) is 4.08. The lowest BCUT2D eigenvalue weighted by Gasteiger charge is -2.17. The first-order valence-corrected chi connectivity index (χ1v) is 7.55. The van der Waals surface area contributed by atoms with Crippen molar-refractivity contribution in [3.8, 4) is 6.07 Å². The maximum absolute atomic E-state index is 12.6. The largest absolute Gasteiger partial charge is 0.298 e. The van der Waals surface area contributed by atoms with E-state index in [-0.39, 0.29) is 11.7 Å². The molecule has 0 spiro atoms. The standard InChI is InChI=1S/C18H25NO/c1-5-7-8-15(6-2)18(20)17(12-19)16-10-9-13(3)14(4)11-16/h9-11,15,17H,5-8H2,1-4H3. The molecule has 2 atom stereocenters. The van der Waals surface area contributed by atoms with Crippen LogP contribution >= 0.6 is 0 Å². The predicted molar refractivity (Wildman–Crippen MR) is 82.6 cm³/mol. The summed E-state index contributed by atoms with van der Waals surface area (Å²) in [6, 6.07) is 8.10. The van der Waals surface area contributed by atoms with Crippen molar-refractivity contribution in [2.45, 2.75) is 59.3 Å². The molecule has 0 N–H and O–H groups in total. The van der Waals surface area contributed by atoms with Gasteiger partial charge in [-0.2, -0.15) is 5.26 Å². The molecular formula is C18H25NO. The Balaban J connectivity index is 2.96. The molecule has 0 fully saturated rings. The van der Waals surface area contributed by atoms with Gasteiger partial charge in [-0.15, -0.1) is 0 Å². The highest BCUT2D eigenvalue weighted by Gasteiger charge is 2.26. The second kappa shape index (κ2) is 7.85. The molecule has 20 heavy (non-hydrogen) atoms. The van der Waals surface area contributed by atoms with Gasteiger partial charge in [-0.05, 0) is 43.4 Å². The molecule has 0 radical (unpaired) electrons. The van der Waals surface area contributed by atoms with Crippen LogP contribution in [-0.2, 0) is 4.79 Å². The minimum absolute atomic E-state index is 0.0150. The van der Waals surface area contributed by atoms with E-state index in [0.29, 0.717) is 0 Å². The minimum Gasteiger partial charge on any atom is -0.298 e. The molecule has 0 saturated heterocycles. The van der Waals surface area contributed by atoms with Crippen LogP contribution in [0.15, 0.2) is 18.2 Å². The van der Waals surface area contributed by atoms with Crippen LogP contribution in [0, 0.1) is 31.1 Å². The third-order valence-corrected chi connectivity index (χ3v) is 4.08. The van der Waals surface area contributed by atoms with Crippen LogP contribution in [0.2, 0.25) is 0 Å². The number of rotatable bonds is 7. The van der Waals surface area contributed by atoms with Gasteiger partial charge in [0, 0.05) is 5.92 Å². The van der Waals surface area contributed by atoms with E-state index >= 15 is 0 Å². The van der Waals surface area contributed by atoms with Gasteiger partial charge in [0.1, 0.15) is 5.92 Å². The number of benzene rings is 1. The summed E-state index contributed by atoms with van der Waals surface area (Å²) in [4.78, 5) is 12.6. The number of Topliss-reactive ketones (excluding diaryl/α,β-unsaturated/α-hetero) is 1. The first-order chi connectivity index (χ1) is 9.54. The summed E-state index contributed by atoms with van der Waals surface area (Å²) in [5.74, 6) is -0.510. The first kappa shape index (κ1) is 16.4. The molecule has 0 aliphatic rings. The summed E-state index contributed by atoms with van der Waals surface area (Å²) in [7, 11) is 0. The molecule has 0 aromatic heterocycles. The monoisotopic (exact) mass is 271 g/mol. The third kappa shape index (κ3) is 3.93. The van der Waals surface area contributed by atoms with Crippen molar-refractivity contribution in [2.75, 3.05) is 0 Å². The normalized spacial score (nSPS) is 13.6. The van der Waals surface area contributed by atoms with Gasteiger partial charge in [-0.1, -0.05) is 44.9 Å². The van der Waals surface area contributed by atoms with Gasteiger partial charge in [0.2, 0.25) is 0 Å². The molecule has 1 aromatic rings. The lowest BCUT2D eigenvalue weighted by Crippen LogP contribution is -2.21. The van der Waals surface area contributed by atoms with Crippen LogP contribution in [0.5, 0.6) is 0 Å². The van der Waals surface area contributed by atoms with Crippen molar-refractivity contribution < 1.29 is 4.79 Å². The second-order valence-electron chi connectivity index (χ2n) is 5.56. The Morgan fingerprint density at radius 2 is 1.95 bits per heavy atom. The summed E-state index contributed by atoms with van der Waals surface area (Å²) < 4.78 is 0. The Hall–Kier alpha value is -1.62. The lowest BCUT2D eigenvalue weighted by atomic mass is 9.83. The smallest absolute Gasteiger partial charge is 0.157 e. The number of hydrogen-bond donors (Lipinski definition) is 0. The average molecular weight is 271 g/mol. The molecule has 0 saturated carbocycles. The van der Waals surface area contributed by atoms with Crippen LogP contribution in [0.1, 0.15) is 62.1 Å². The van der Waals surface area contributed by atoms with E-state index in [4.69, 9.17) is 0 Å². The molecule has 0 aliphatic carbocycles. The van der Waals surface area contributed by atoms with Gasteiger partial charge < -0.3 is 0 Å². The Morgan fingerprint density at radius 3 is 2.45 bits per heavy atom. The molecule has 0 aliphatic heterocycles. The van der Waals surface area contributed by atoms with Crippen molar-refractivity contribution >= 4 is 5.78 Å². The molecule has 2 heteroatoms. The van der Waals surface area contributed by atoms with Crippen LogP contribution in [-0.4, -0.2) is 5.78 Å². The number of carbonyl (C=O) groups excluding carboxylic acids is 1. The summed E-state index contributed by atoms with van der Waals surface area (Å²) >= 11 is 0. The van der Waals surface area contributed by atoms with Crippen LogP contribution in [0.4, 0.5) is 0 Å². The average Bonchev–Trinajstić information content (AvgIpc) is 2.44. The molecule has 0 amide bonds. The molecule has 2 unspecified atom stereocenters. The highest BCUT2D eigenvalue weighted by molar-refractivity contribution is 5.90. The zero-order valence-electron chi connectivity index (χ0n) is 13.1. The highest BCUT2D eigenvalue weighted by atomic mass is 16.1. The van der Waals surface area contributed by atoms with Crippen molar-refractivity contribution in [3.05, 3.63) is 34.9 Å². The zero-order valence-corrected chi connectivity index (χ0v) is 13.1. The SMILES string of the molecule is CCCCC(CC)C(=O)C(C#N)c1ccc(C)c(C)c1. The van der Waals surface area contributed by atoms with Crippen LogP contribution < -0.4 is 0 Å². The molecule has 1 rings (SSSR count). The minimum atomic E-state index is -0.615. The summed E-state index contributed by atoms with van der Waals surface area (Å²) in [5, 5.41) is 9.41. The van der Waals surface area contributed by atoms with Gasteiger partial charge in [0.25, 0.3) is 0 Å². The van der Waals surface area contributed by atoms with E-state index < -0.39 is 5.92 Å². The highest BCUT2D eigenvalue weighted by Crippen LogP contribution is 2.26. The van der Waals surface area contributed by atoms with Gasteiger partial charge in [0.05, 0.1) is 6.07 Å². The quantitative estimate of drug-likeness (QED) is 0.721. The number of carbonyl (C=O) groups is 1.